The van der Waals surface area contributed by atoms with Gasteiger partial charge in [-0.1, -0.05) is 26.2 Å². The largest absolute Gasteiger partial charge is 0.296 e. The third kappa shape index (κ3) is 3.90. The monoisotopic (exact) mass is 290 g/mol. The van der Waals surface area contributed by atoms with Crippen LogP contribution >= 0.6 is 0 Å². The van der Waals surface area contributed by atoms with Crippen LogP contribution in [0.1, 0.15) is 39.0 Å². The first-order chi connectivity index (χ1) is 8.95. The van der Waals surface area contributed by atoms with E-state index in [9.17, 15) is 8.42 Å². The number of nitrogens with zero attached hydrogens (tertiary/aromatic N) is 2. The molecule has 0 N–H and O–H groups in total. The minimum Gasteiger partial charge on any atom is -0.296 e. The van der Waals surface area contributed by atoms with Gasteiger partial charge in [0, 0.05) is 32.7 Å². The van der Waals surface area contributed by atoms with E-state index in [4.69, 9.17) is 4.18 Å². The van der Waals surface area contributed by atoms with Gasteiger partial charge in [0.1, 0.15) is 0 Å². The highest BCUT2D eigenvalue weighted by molar-refractivity contribution is 7.86. The molecule has 0 aromatic carbocycles. The first-order valence-corrected chi connectivity index (χ1v) is 9.15. The van der Waals surface area contributed by atoms with Crippen LogP contribution in [-0.4, -0.2) is 62.9 Å². The molecule has 1 unspecified atom stereocenters. The van der Waals surface area contributed by atoms with E-state index < -0.39 is 15.8 Å². The summed E-state index contributed by atoms with van der Waals surface area (Å²) in [5, 5.41) is 0. The second-order valence-corrected chi connectivity index (χ2v) is 7.38. The fourth-order valence-electron chi connectivity index (χ4n) is 3.23. The van der Waals surface area contributed by atoms with Crippen molar-refractivity contribution < 1.29 is 12.6 Å². The third-order valence-corrected chi connectivity index (χ3v) is 4.76. The van der Waals surface area contributed by atoms with Gasteiger partial charge in [0.2, 0.25) is 0 Å². The van der Waals surface area contributed by atoms with E-state index in [1.54, 1.807) is 0 Å². The zero-order valence-corrected chi connectivity index (χ0v) is 12.9. The molecule has 0 aromatic rings. The van der Waals surface area contributed by atoms with Crippen LogP contribution in [0.3, 0.4) is 0 Å². The molecular weight excluding hydrogens is 264 g/mol. The molecule has 0 radical (unpaired) electrons. The second kappa shape index (κ2) is 6.08. The molecule has 0 aliphatic carbocycles. The maximum Gasteiger partial charge on any atom is 0.266 e. The molecule has 0 spiro atoms. The number of piperazine rings is 3. The molecule has 0 aromatic heterocycles. The Labute approximate surface area is 117 Å². The highest BCUT2D eigenvalue weighted by Gasteiger charge is 2.47. The fraction of sp³-hybridized carbons (Fsp3) is 1.00. The first kappa shape index (κ1) is 15.2. The molecule has 3 rings (SSSR count). The van der Waals surface area contributed by atoms with E-state index in [1.165, 1.54) is 19.1 Å². The Hall–Kier alpha value is -0.170. The van der Waals surface area contributed by atoms with Gasteiger partial charge in [-0.15, -0.1) is 0 Å². The minimum absolute atomic E-state index is 0.599. The zero-order chi connectivity index (χ0) is 13.9. The number of rotatable bonds is 7. The van der Waals surface area contributed by atoms with Crippen LogP contribution in [0, 0.1) is 0 Å². The van der Waals surface area contributed by atoms with Crippen LogP contribution in [0.5, 0.6) is 0 Å². The predicted molar refractivity (Wildman–Crippen MR) is 75.4 cm³/mol. The Morgan fingerprint density at radius 3 is 2.26 bits per heavy atom. The van der Waals surface area contributed by atoms with Crippen LogP contribution in [0.25, 0.3) is 0 Å². The van der Waals surface area contributed by atoms with Crippen molar-refractivity contribution >= 4 is 10.1 Å². The summed E-state index contributed by atoms with van der Waals surface area (Å²) in [7, 11) is -3.42. The Morgan fingerprint density at radius 2 is 1.79 bits per heavy atom. The molecule has 19 heavy (non-hydrogen) atoms. The summed E-state index contributed by atoms with van der Waals surface area (Å²) in [6.07, 6.45) is 6.57. The predicted octanol–water partition coefficient (Wildman–Crippen LogP) is 1.26. The van der Waals surface area contributed by atoms with Crippen LogP contribution in [-0.2, 0) is 14.3 Å². The molecule has 3 heterocycles. The Kier molecular flexibility index (Phi) is 4.87. The van der Waals surface area contributed by atoms with Crippen molar-refractivity contribution in [1.82, 2.24) is 9.80 Å². The van der Waals surface area contributed by atoms with E-state index in [2.05, 4.69) is 16.7 Å². The van der Waals surface area contributed by atoms with Gasteiger partial charge in [0.15, 0.2) is 5.72 Å². The maximum absolute atomic E-state index is 11.6. The molecule has 0 amide bonds. The zero-order valence-electron chi connectivity index (χ0n) is 12.1. The summed E-state index contributed by atoms with van der Waals surface area (Å²) in [5.41, 5.74) is -0.599. The molecule has 0 saturated carbocycles. The van der Waals surface area contributed by atoms with Crippen molar-refractivity contribution in [2.24, 2.45) is 0 Å². The van der Waals surface area contributed by atoms with E-state index in [1.807, 2.05) is 0 Å². The lowest BCUT2D eigenvalue weighted by Crippen LogP contribution is -2.69. The van der Waals surface area contributed by atoms with Gasteiger partial charge < -0.3 is 0 Å². The summed E-state index contributed by atoms with van der Waals surface area (Å²) in [5.74, 6) is 0. The molecular formula is C13H26N2O3S. The number of fused-ring (bicyclic) bond motifs is 3. The summed E-state index contributed by atoms with van der Waals surface area (Å²) in [6.45, 7) is 6.81. The highest BCUT2D eigenvalue weighted by atomic mass is 32.2. The maximum atomic E-state index is 11.6. The molecule has 3 fully saturated rings. The number of hydrogen-bond donors (Lipinski definition) is 0. The van der Waals surface area contributed by atoms with E-state index in [-0.39, 0.29) is 0 Å². The first-order valence-electron chi connectivity index (χ1n) is 7.33. The van der Waals surface area contributed by atoms with Crippen molar-refractivity contribution in [3.63, 3.8) is 0 Å². The van der Waals surface area contributed by atoms with Crippen LogP contribution < -0.4 is 0 Å². The number of unbranched alkanes of at least 4 members (excludes halogenated alkanes) is 3. The molecule has 2 bridgehead atoms. The van der Waals surface area contributed by atoms with E-state index in [0.717, 1.165) is 52.0 Å². The van der Waals surface area contributed by atoms with Crippen LogP contribution in [0.15, 0.2) is 0 Å². The van der Waals surface area contributed by atoms with Gasteiger partial charge in [-0.3, -0.25) is 9.80 Å². The van der Waals surface area contributed by atoms with Crippen molar-refractivity contribution in [3.8, 4) is 0 Å². The summed E-state index contributed by atoms with van der Waals surface area (Å²) >= 11 is 0. The molecule has 112 valence electrons. The van der Waals surface area contributed by atoms with Crippen molar-refractivity contribution in [2.45, 2.75) is 44.8 Å². The van der Waals surface area contributed by atoms with Gasteiger partial charge in [-0.05, 0) is 12.8 Å². The van der Waals surface area contributed by atoms with Gasteiger partial charge in [-0.2, -0.15) is 8.42 Å². The van der Waals surface area contributed by atoms with E-state index >= 15 is 0 Å². The fourth-order valence-corrected chi connectivity index (χ4v) is 4.04. The van der Waals surface area contributed by atoms with Gasteiger partial charge in [0.05, 0.1) is 6.26 Å². The average molecular weight is 290 g/mol. The van der Waals surface area contributed by atoms with Gasteiger partial charge >= 0.3 is 0 Å². The standard InChI is InChI=1S/C13H26N2O3S/c1-3-4-5-6-7-13(18-19(2,16)17)12-14-8-10-15(13)11-9-14/h3-12H2,1-2H3. The molecule has 1 atom stereocenters. The quantitative estimate of drug-likeness (QED) is 0.522. The summed E-state index contributed by atoms with van der Waals surface area (Å²) < 4.78 is 28.7. The Bertz CT molecular complexity index is 391. The van der Waals surface area contributed by atoms with Gasteiger partial charge in [0.25, 0.3) is 10.1 Å². The molecule has 5 nitrogen and oxygen atoms in total. The molecule has 3 aliphatic heterocycles. The average Bonchev–Trinajstić information content (AvgIpc) is 2.34. The summed E-state index contributed by atoms with van der Waals surface area (Å²) in [4.78, 5) is 4.56. The highest BCUT2D eigenvalue weighted by Crippen LogP contribution is 2.33. The summed E-state index contributed by atoms with van der Waals surface area (Å²) in [6, 6.07) is 0. The minimum atomic E-state index is -3.42. The van der Waals surface area contributed by atoms with E-state index in [0.29, 0.717) is 0 Å². The van der Waals surface area contributed by atoms with Crippen molar-refractivity contribution in [3.05, 3.63) is 0 Å². The lowest BCUT2D eigenvalue weighted by molar-refractivity contribution is -0.166. The topological polar surface area (TPSA) is 49.9 Å². The normalized spacial score (nSPS) is 34.6. The third-order valence-electron chi connectivity index (χ3n) is 4.15. The van der Waals surface area contributed by atoms with Crippen molar-refractivity contribution in [1.29, 1.82) is 0 Å². The molecule has 6 heteroatoms. The molecule has 3 aliphatic rings. The number of hydrogen-bond acceptors (Lipinski definition) is 5. The Morgan fingerprint density at radius 1 is 1.11 bits per heavy atom. The van der Waals surface area contributed by atoms with Gasteiger partial charge in [-0.25, -0.2) is 4.18 Å². The van der Waals surface area contributed by atoms with Crippen molar-refractivity contribution in [2.75, 3.05) is 39.0 Å². The lowest BCUT2D eigenvalue weighted by atomic mass is 9.97. The smallest absolute Gasteiger partial charge is 0.266 e. The van der Waals surface area contributed by atoms with Crippen LogP contribution in [0.2, 0.25) is 0 Å². The second-order valence-electron chi connectivity index (χ2n) is 5.81. The SMILES string of the molecule is CCCCCCC1(OS(C)(=O)=O)CN2CCN1CC2. The lowest BCUT2D eigenvalue weighted by Gasteiger charge is -2.54. The van der Waals surface area contributed by atoms with Crippen LogP contribution in [0.4, 0.5) is 0 Å². The Balaban J connectivity index is 2.05. The molecule has 3 saturated heterocycles.